The van der Waals surface area contributed by atoms with Crippen molar-refractivity contribution in [2.24, 2.45) is 0 Å². The normalized spacial score (nSPS) is 17.0. The number of piperazine rings is 1. The van der Waals surface area contributed by atoms with E-state index in [-0.39, 0.29) is 0 Å². The summed E-state index contributed by atoms with van der Waals surface area (Å²) in [5.74, 6) is 0.707. The molecule has 31 heavy (non-hydrogen) atoms. The van der Waals surface area contributed by atoms with E-state index in [0.717, 1.165) is 68.2 Å². The summed E-state index contributed by atoms with van der Waals surface area (Å²) < 4.78 is 26.9. The van der Waals surface area contributed by atoms with Crippen LogP contribution in [0.3, 0.4) is 0 Å². The minimum Gasteiger partial charge on any atom is -0.353 e. The Morgan fingerprint density at radius 2 is 1.65 bits per heavy atom. The van der Waals surface area contributed by atoms with Crippen LogP contribution in [0.4, 0.5) is 20.5 Å². The third-order valence-corrected chi connectivity index (χ3v) is 5.86. The standard InChI is InChI=1S/C23H24F2N6/c24-19-11-17(12-20(25)13-19)15-29-6-4-21-18(16-29)14-27-23(28-21)31-9-7-30(8-10-31)22-3-1-2-5-26-22/h1-3,5,11-14H,4,6-10,15-16H2. The topological polar surface area (TPSA) is 48.4 Å². The summed E-state index contributed by atoms with van der Waals surface area (Å²) in [7, 11) is 0. The number of rotatable bonds is 4. The maximum Gasteiger partial charge on any atom is 0.225 e. The lowest BCUT2D eigenvalue weighted by Gasteiger charge is -2.36. The number of anilines is 2. The van der Waals surface area contributed by atoms with Crippen LogP contribution in [0, 0.1) is 11.6 Å². The van der Waals surface area contributed by atoms with Gasteiger partial charge in [-0.25, -0.2) is 23.7 Å². The lowest BCUT2D eigenvalue weighted by Crippen LogP contribution is -2.47. The van der Waals surface area contributed by atoms with E-state index in [2.05, 4.69) is 24.7 Å². The first-order valence-electron chi connectivity index (χ1n) is 10.6. The quantitative estimate of drug-likeness (QED) is 0.644. The molecule has 4 heterocycles. The van der Waals surface area contributed by atoms with Crippen molar-refractivity contribution in [3.8, 4) is 0 Å². The smallest absolute Gasteiger partial charge is 0.225 e. The first-order valence-corrected chi connectivity index (χ1v) is 10.6. The van der Waals surface area contributed by atoms with Crippen LogP contribution >= 0.6 is 0 Å². The zero-order valence-corrected chi connectivity index (χ0v) is 17.2. The second-order valence-electron chi connectivity index (χ2n) is 8.04. The first kappa shape index (κ1) is 19.8. The Morgan fingerprint density at radius 3 is 2.39 bits per heavy atom. The van der Waals surface area contributed by atoms with Gasteiger partial charge < -0.3 is 9.80 Å². The number of halogens is 2. The SMILES string of the molecule is Fc1cc(F)cc(CN2CCc3nc(N4CCN(c5ccccn5)CC4)ncc3C2)c1. The fraction of sp³-hybridized carbons (Fsp3) is 0.348. The molecule has 1 aromatic carbocycles. The van der Waals surface area contributed by atoms with Gasteiger partial charge in [0.15, 0.2) is 0 Å². The number of nitrogens with zero attached hydrogens (tertiary/aromatic N) is 6. The fourth-order valence-electron chi connectivity index (χ4n) is 4.29. The zero-order chi connectivity index (χ0) is 21.2. The Balaban J connectivity index is 1.22. The highest BCUT2D eigenvalue weighted by Crippen LogP contribution is 2.22. The Morgan fingerprint density at radius 1 is 0.871 bits per heavy atom. The third kappa shape index (κ3) is 4.49. The van der Waals surface area contributed by atoms with Crippen LogP contribution in [0.5, 0.6) is 0 Å². The van der Waals surface area contributed by atoms with Gasteiger partial charge in [-0.1, -0.05) is 6.07 Å². The van der Waals surface area contributed by atoms with Crippen molar-refractivity contribution in [1.82, 2.24) is 19.9 Å². The van der Waals surface area contributed by atoms with Crippen LogP contribution in [0.25, 0.3) is 0 Å². The Kier molecular flexibility index (Phi) is 5.46. The van der Waals surface area contributed by atoms with E-state index in [4.69, 9.17) is 4.98 Å². The molecule has 3 aromatic rings. The molecule has 0 radical (unpaired) electrons. The molecule has 6 nitrogen and oxygen atoms in total. The molecule has 1 fully saturated rings. The summed E-state index contributed by atoms with van der Waals surface area (Å²) >= 11 is 0. The highest BCUT2D eigenvalue weighted by atomic mass is 19.1. The lowest BCUT2D eigenvalue weighted by atomic mass is 10.1. The van der Waals surface area contributed by atoms with E-state index >= 15 is 0 Å². The summed E-state index contributed by atoms with van der Waals surface area (Å²) in [4.78, 5) is 20.6. The van der Waals surface area contributed by atoms with Crippen molar-refractivity contribution >= 4 is 11.8 Å². The van der Waals surface area contributed by atoms with Crippen LogP contribution in [0.1, 0.15) is 16.8 Å². The van der Waals surface area contributed by atoms with Gasteiger partial charge in [-0.15, -0.1) is 0 Å². The van der Waals surface area contributed by atoms with E-state index < -0.39 is 11.6 Å². The van der Waals surface area contributed by atoms with Crippen molar-refractivity contribution in [3.63, 3.8) is 0 Å². The second kappa shape index (κ2) is 8.55. The minimum atomic E-state index is -0.538. The summed E-state index contributed by atoms with van der Waals surface area (Å²) in [5, 5.41) is 0. The molecule has 0 amide bonds. The molecule has 160 valence electrons. The molecule has 0 aliphatic carbocycles. The predicted octanol–water partition coefficient (Wildman–Crippen LogP) is 3.03. The summed E-state index contributed by atoms with van der Waals surface area (Å²) in [5.41, 5.74) is 2.79. The van der Waals surface area contributed by atoms with Crippen LogP contribution in [0.15, 0.2) is 48.8 Å². The maximum absolute atomic E-state index is 13.5. The molecule has 2 aliphatic heterocycles. The van der Waals surface area contributed by atoms with E-state index in [1.807, 2.05) is 30.6 Å². The van der Waals surface area contributed by atoms with Crippen LogP contribution in [0.2, 0.25) is 0 Å². The van der Waals surface area contributed by atoms with Gasteiger partial charge in [0.2, 0.25) is 5.95 Å². The monoisotopic (exact) mass is 422 g/mol. The van der Waals surface area contributed by atoms with Crippen molar-refractivity contribution in [3.05, 3.63) is 77.2 Å². The highest BCUT2D eigenvalue weighted by Gasteiger charge is 2.23. The summed E-state index contributed by atoms with van der Waals surface area (Å²) in [6.45, 7) is 5.46. The van der Waals surface area contributed by atoms with Gasteiger partial charge in [0, 0.05) is 76.3 Å². The van der Waals surface area contributed by atoms with Gasteiger partial charge in [-0.3, -0.25) is 4.90 Å². The molecule has 0 saturated carbocycles. The average Bonchev–Trinajstić information content (AvgIpc) is 2.79. The molecule has 0 spiro atoms. The van der Waals surface area contributed by atoms with Crippen LogP contribution in [-0.2, 0) is 19.5 Å². The average molecular weight is 422 g/mol. The second-order valence-corrected chi connectivity index (χ2v) is 8.04. The van der Waals surface area contributed by atoms with E-state index in [0.29, 0.717) is 18.7 Å². The molecular weight excluding hydrogens is 398 g/mol. The molecule has 1 saturated heterocycles. The van der Waals surface area contributed by atoms with Crippen molar-refractivity contribution in [1.29, 1.82) is 0 Å². The molecule has 0 bridgehead atoms. The molecule has 8 heteroatoms. The molecular formula is C23H24F2N6. The molecule has 0 N–H and O–H groups in total. The van der Waals surface area contributed by atoms with E-state index in [1.54, 1.807) is 0 Å². The Hall–Kier alpha value is -3.13. The number of pyridine rings is 1. The molecule has 0 unspecified atom stereocenters. The fourth-order valence-corrected chi connectivity index (χ4v) is 4.29. The van der Waals surface area contributed by atoms with Crippen LogP contribution in [-0.4, -0.2) is 52.6 Å². The van der Waals surface area contributed by atoms with Crippen LogP contribution < -0.4 is 9.80 Å². The lowest BCUT2D eigenvalue weighted by molar-refractivity contribution is 0.242. The summed E-state index contributed by atoms with van der Waals surface area (Å²) in [6.07, 6.45) is 4.53. The van der Waals surface area contributed by atoms with Crippen molar-refractivity contribution in [2.45, 2.75) is 19.5 Å². The van der Waals surface area contributed by atoms with Gasteiger partial charge in [-0.2, -0.15) is 0 Å². The zero-order valence-electron chi connectivity index (χ0n) is 17.2. The Bertz CT molecular complexity index is 1030. The number of hydrogen-bond donors (Lipinski definition) is 0. The van der Waals surface area contributed by atoms with Gasteiger partial charge >= 0.3 is 0 Å². The largest absolute Gasteiger partial charge is 0.353 e. The van der Waals surface area contributed by atoms with Gasteiger partial charge in [0.05, 0.1) is 5.69 Å². The molecule has 2 aliphatic rings. The van der Waals surface area contributed by atoms with Gasteiger partial charge in [0.25, 0.3) is 0 Å². The predicted molar refractivity (Wildman–Crippen MR) is 115 cm³/mol. The number of hydrogen-bond acceptors (Lipinski definition) is 6. The molecule has 0 atom stereocenters. The number of benzene rings is 1. The third-order valence-electron chi connectivity index (χ3n) is 5.86. The number of aromatic nitrogens is 3. The minimum absolute atomic E-state index is 0.505. The maximum atomic E-state index is 13.5. The van der Waals surface area contributed by atoms with E-state index in [9.17, 15) is 8.78 Å². The van der Waals surface area contributed by atoms with Crippen molar-refractivity contribution in [2.75, 3.05) is 42.5 Å². The molecule has 5 rings (SSSR count). The number of fused-ring (bicyclic) bond motifs is 1. The first-order chi connectivity index (χ1) is 15.1. The summed E-state index contributed by atoms with van der Waals surface area (Å²) in [6, 6.07) is 9.66. The molecule has 2 aromatic heterocycles. The van der Waals surface area contributed by atoms with E-state index in [1.165, 1.54) is 12.1 Å². The van der Waals surface area contributed by atoms with Gasteiger partial charge in [0.1, 0.15) is 17.5 Å². The van der Waals surface area contributed by atoms with Gasteiger partial charge in [-0.05, 0) is 29.8 Å². The van der Waals surface area contributed by atoms with Crippen molar-refractivity contribution < 1.29 is 8.78 Å². The Labute approximate surface area is 180 Å². The highest BCUT2D eigenvalue weighted by molar-refractivity contribution is 5.42.